The second-order valence-corrected chi connectivity index (χ2v) is 15.8. The number of hydrogen-bond donors (Lipinski definition) is 4. The summed E-state index contributed by atoms with van der Waals surface area (Å²) in [6.45, 7) is 27.7. The van der Waals surface area contributed by atoms with Gasteiger partial charge in [0.2, 0.25) is 0 Å². The molecule has 0 aliphatic rings. The predicted molar refractivity (Wildman–Crippen MR) is 379 cm³/mol. The van der Waals surface area contributed by atoms with Crippen molar-refractivity contribution in [3.63, 3.8) is 0 Å². The minimum Gasteiger partial charge on any atom is -0.251 e. The molecule has 4 N–H and O–H groups in total. The lowest BCUT2D eigenvalue weighted by Crippen LogP contribution is -2.04. The average molecular weight is 1180 g/mol. The molecule has 0 fully saturated rings. The Hall–Kier alpha value is -6.58. The fraction of sp³-hybridized carbons (Fsp3) is 0.417. The van der Waals surface area contributed by atoms with Crippen molar-refractivity contribution in [2.45, 2.75) is 200 Å². The minimum absolute atomic E-state index is 0. The lowest BCUT2D eigenvalue weighted by Gasteiger charge is -2.03. The first-order valence-electron chi connectivity index (χ1n) is 28.0. The molecular weight excluding hydrogens is 1060 g/mol. The van der Waals surface area contributed by atoms with Gasteiger partial charge in [-0.25, -0.2) is 19.6 Å². The molecule has 0 heterocycles. The summed E-state index contributed by atoms with van der Waals surface area (Å²) < 4.78 is 0. The van der Waals surface area contributed by atoms with Crippen molar-refractivity contribution >= 4 is 0 Å². The number of allylic oxidation sites excluding steroid dienone is 36. The lowest BCUT2D eigenvalue weighted by atomic mass is 10.2. The van der Waals surface area contributed by atoms with Crippen molar-refractivity contribution in [3.8, 4) is 0 Å². The van der Waals surface area contributed by atoms with Gasteiger partial charge in [0, 0.05) is 22.7 Å². The van der Waals surface area contributed by atoms with Gasteiger partial charge in [-0.3, -0.25) is 21.0 Å². The van der Waals surface area contributed by atoms with Crippen molar-refractivity contribution in [3.05, 3.63) is 275 Å². The maximum Gasteiger partial charge on any atom is 0.115 e. The van der Waals surface area contributed by atoms with Crippen molar-refractivity contribution in [2.75, 3.05) is 0 Å². The van der Waals surface area contributed by atoms with Crippen LogP contribution in [0.4, 0.5) is 0 Å². The van der Waals surface area contributed by atoms with E-state index in [1.165, 1.54) is 0 Å². The Bertz CT molecular complexity index is 1720. The molecule has 0 rings (SSSR count). The van der Waals surface area contributed by atoms with Gasteiger partial charge in [-0.2, -0.15) is 0 Å². The molecule has 12 nitrogen and oxygen atoms in total. The molecule has 0 aliphatic heterocycles. The molecule has 484 valence electrons. The third kappa shape index (κ3) is 131. The molecule has 0 aromatic heterocycles. The normalized spacial score (nSPS) is 13.3. The van der Waals surface area contributed by atoms with Gasteiger partial charge in [0.1, 0.15) is 24.4 Å². The summed E-state index contributed by atoms with van der Waals surface area (Å²) in [5, 5.41) is 33.3. The molecule has 4 unspecified atom stereocenters. The van der Waals surface area contributed by atoms with Crippen molar-refractivity contribution in [2.24, 2.45) is 0 Å². The average Bonchev–Trinajstić information content (AvgIpc) is 3.51. The first-order chi connectivity index (χ1) is 40.1. The van der Waals surface area contributed by atoms with E-state index in [0.29, 0.717) is 12.8 Å². The summed E-state index contributed by atoms with van der Waals surface area (Å²) in [6.07, 6.45) is 92.9. The molecule has 0 amide bonds. The van der Waals surface area contributed by atoms with Crippen LogP contribution in [0.25, 0.3) is 0 Å². The van der Waals surface area contributed by atoms with Gasteiger partial charge in [0.05, 0.1) is 0 Å². The monoisotopic (exact) mass is 1180 g/mol. The fourth-order valence-electron chi connectivity index (χ4n) is 4.50. The van der Waals surface area contributed by atoms with E-state index in [9.17, 15) is 0 Å². The summed E-state index contributed by atoms with van der Waals surface area (Å²) in [6, 6.07) is 0. The molecule has 0 spiro atoms. The molecule has 0 aliphatic carbocycles. The van der Waals surface area contributed by atoms with Gasteiger partial charge in [-0.15, -0.1) is 0 Å². The third-order valence-electron chi connectivity index (χ3n) is 8.78. The van der Waals surface area contributed by atoms with Gasteiger partial charge < -0.3 is 0 Å². The van der Waals surface area contributed by atoms with Gasteiger partial charge in [0.15, 0.2) is 0 Å². The molecule has 0 saturated carbocycles. The SMILES string of the molecule is C.C.C/C=C\C/C=C\C/C=C\C.C/C=C\C/C=C\C=C\C(C)OO.C/C=C\C/C=C\C=C\C(C)OO.C/C=C\C=C\C(C/C=C\C)OO.C/C=C\C=C\C(C/C=C\C)OO.C/C=C\CC=CC=CCC.C/C=C\CC=CC=CCC.O=O.O=O.[2HH].[2HH]. The van der Waals surface area contributed by atoms with Gasteiger partial charge >= 0.3 is 0 Å². The summed E-state index contributed by atoms with van der Waals surface area (Å²) in [5.74, 6) is 0. The molecular formula is C72H124O12. The van der Waals surface area contributed by atoms with Crippen LogP contribution in [0.1, 0.15) is 179 Å². The topological polar surface area (TPSA) is 186 Å². The maximum absolute atomic E-state index is 8.44. The Morgan fingerprint density at radius 3 is 0.726 bits per heavy atom. The van der Waals surface area contributed by atoms with E-state index in [-0.39, 0.29) is 42.1 Å². The zero-order valence-corrected chi connectivity index (χ0v) is 52.7. The third-order valence-corrected chi connectivity index (χ3v) is 8.78. The Morgan fingerprint density at radius 2 is 0.512 bits per heavy atom. The molecule has 12 heteroatoms. The van der Waals surface area contributed by atoms with Crippen LogP contribution in [0, 0.1) is 19.9 Å². The highest BCUT2D eigenvalue weighted by atomic mass is 17.1. The van der Waals surface area contributed by atoms with E-state index in [2.05, 4.69) is 155 Å². The Kier molecular flexibility index (Phi) is 141. The van der Waals surface area contributed by atoms with Crippen LogP contribution in [0.5, 0.6) is 0 Å². The Morgan fingerprint density at radius 1 is 0.286 bits per heavy atom. The maximum atomic E-state index is 8.44. The summed E-state index contributed by atoms with van der Waals surface area (Å²) in [7, 11) is 0. The summed E-state index contributed by atoms with van der Waals surface area (Å²) in [4.78, 5) is 44.5. The first-order valence-corrected chi connectivity index (χ1v) is 28.0. The van der Waals surface area contributed by atoms with Crippen molar-refractivity contribution < 1.29 is 43.4 Å². The van der Waals surface area contributed by atoms with E-state index in [0.717, 1.165) is 51.4 Å². The Labute approximate surface area is 516 Å². The smallest absolute Gasteiger partial charge is 0.115 e. The quantitative estimate of drug-likeness (QED) is 0.0216. The van der Waals surface area contributed by atoms with Crippen LogP contribution in [0.3, 0.4) is 0 Å². The highest BCUT2D eigenvalue weighted by Gasteiger charge is 2.00. The van der Waals surface area contributed by atoms with Crippen LogP contribution in [0.15, 0.2) is 255 Å². The van der Waals surface area contributed by atoms with Crippen LogP contribution in [-0.4, -0.2) is 45.4 Å². The van der Waals surface area contributed by atoms with Crippen LogP contribution >= 0.6 is 0 Å². The number of rotatable bonds is 32. The van der Waals surface area contributed by atoms with Crippen LogP contribution < -0.4 is 0 Å². The van der Waals surface area contributed by atoms with E-state index in [1.54, 1.807) is 38.2 Å². The zero-order valence-electron chi connectivity index (χ0n) is 52.7. The van der Waals surface area contributed by atoms with Crippen LogP contribution in [-0.2, 0) is 19.6 Å². The molecule has 0 radical (unpaired) electrons. The fourth-order valence-corrected chi connectivity index (χ4v) is 4.50. The van der Waals surface area contributed by atoms with Gasteiger partial charge in [-0.1, -0.05) is 284 Å². The van der Waals surface area contributed by atoms with Crippen molar-refractivity contribution in [1.29, 1.82) is 0 Å². The standard InChI is InChI=1S/4C10H16O2.3C10H16.2CH4.2O2.2H2/c2*1-3-4-5-6-7-8-9-10(2)12-11;2*1-3-5-7-9-10(12-11)8-6-4-2;3*1-3-5-7-9-10-8-6-4-2;;;2*1-2;;/h2*3-4,6-11H,5H2,1-2H3;2*3-7,9-11H,8H2,1-2H3;2*3,5-6,8-10H,4,7H2,1-2H3;3-6,9-10H,7-8H2,1-2H3;2*1H4;;;2*1H/b2*4-3-,7-6-,9-8+;2*5-3-,6-4-,9-7+;2*5-3-,8-6?,10-9?;5-3-,6-4-,10-9-;;;;;;/i;;;;;;;;;;;2*1+1. The number of hydrogen-bond acceptors (Lipinski definition) is 12. The van der Waals surface area contributed by atoms with E-state index in [1.807, 2.05) is 179 Å². The molecule has 0 bridgehead atoms. The summed E-state index contributed by atoms with van der Waals surface area (Å²) >= 11 is 0. The minimum atomic E-state index is -0.239. The Balaban J connectivity index is -0.0000000646. The lowest BCUT2D eigenvalue weighted by molar-refractivity contribution is -0.264. The van der Waals surface area contributed by atoms with E-state index < -0.39 is 0 Å². The summed E-state index contributed by atoms with van der Waals surface area (Å²) in [5.41, 5.74) is 0. The first kappa shape index (κ1) is 102. The predicted octanol–water partition coefficient (Wildman–Crippen LogP) is 24.1. The molecule has 0 aromatic rings. The molecule has 0 saturated heterocycles. The van der Waals surface area contributed by atoms with Gasteiger partial charge in [-0.05, 0) is 147 Å². The van der Waals surface area contributed by atoms with Crippen molar-refractivity contribution in [1.82, 2.24) is 0 Å². The highest BCUT2D eigenvalue weighted by Crippen LogP contribution is 2.02. The molecule has 0 aromatic carbocycles. The zero-order chi connectivity index (χ0) is 63.9. The second kappa shape index (κ2) is 115. The highest BCUT2D eigenvalue weighted by molar-refractivity contribution is 5.09. The largest absolute Gasteiger partial charge is 0.251 e. The van der Waals surface area contributed by atoms with E-state index >= 15 is 0 Å². The molecule has 84 heavy (non-hydrogen) atoms. The molecule has 4 atom stereocenters. The van der Waals surface area contributed by atoms with Gasteiger partial charge in [0.25, 0.3) is 0 Å². The second-order valence-electron chi connectivity index (χ2n) is 15.8. The van der Waals surface area contributed by atoms with Crippen LogP contribution in [0.2, 0.25) is 0 Å². The van der Waals surface area contributed by atoms with E-state index in [4.69, 9.17) is 40.9 Å².